The van der Waals surface area contributed by atoms with E-state index >= 15 is 0 Å². The third-order valence-electron chi connectivity index (χ3n) is 6.10. The van der Waals surface area contributed by atoms with Gasteiger partial charge in [0.2, 0.25) is 0 Å². The monoisotopic (exact) mass is 412 g/mol. The molecule has 1 aliphatic rings. The lowest BCUT2D eigenvalue weighted by Crippen LogP contribution is -2.23. The predicted molar refractivity (Wildman–Crippen MR) is 128 cm³/mol. The number of aryl methyl sites for hydroxylation is 1. The summed E-state index contributed by atoms with van der Waals surface area (Å²) in [5.41, 5.74) is 7.29. The number of hydrogen-bond donors (Lipinski definition) is 1. The summed E-state index contributed by atoms with van der Waals surface area (Å²) in [7, 11) is 0. The van der Waals surface area contributed by atoms with E-state index in [0.717, 1.165) is 18.7 Å². The van der Waals surface area contributed by atoms with Crippen molar-refractivity contribution in [1.82, 2.24) is 5.32 Å². The van der Waals surface area contributed by atoms with Crippen molar-refractivity contribution >= 4 is 11.6 Å². The normalized spacial score (nSPS) is 12.6. The van der Waals surface area contributed by atoms with Crippen LogP contribution in [0.3, 0.4) is 0 Å². The number of unbranched alkanes of at least 4 members (excludes halogenated alkanes) is 3. The Labute approximate surface area is 186 Å². The Morgan fingerprint density at radius 2 is 1.61 bits per heavy atom. The quantitative estimate of drug-likeness (QED) is 0.421. The molecule has 1 aliphatic heterocycles. The summed E-state index contributed by atoms with van der Waals surface area (Å²) in [5.74, 6) is -0.0344. The Balaban J connectivity index is 1.33. The van der Waals surface area contributed by atoms with Crippen molar-refractivity contribution in [3.63, 3.8) is 0 Å². The van der Waals surface area contributed by atoms with Gasteiger partial charge in [0.05, 0.1) is 0 Å². The predicted octanol–water partition coefficient (Wildman–Crippen LogP) is 6.26. The molecule has 0 saturated heterocycles. The lowest BCUT2D eigenvalue weighted by molar-refractivity contribution is 0.0951. The zero-order valence-electron chi connectivity index (χ0n) is 18.4. The number of carbonyl (C=O) groups is 1. The van der Waals surface area contributed by atoms with E-state index in [1.807, 2.05) is 42.5 Å². The maximum atomic E-state index is 12.5. The number of nitrogens with one attached hydrogen (secondary N) is 1. The van der Waals surface area contributed by atoms with Gasteiger partial charge in [0.1, 0.15) is 0 Å². The zero-order valence-corrected chi connectivity index (χ0v) is 18.4. The molecule has 31 heavy (non-hydrogen) atoms. The first-order chi connectivity index (χ1) is 15.2. The number of rotatable bonds is 9. The zero-order chi connectivity index (χ0) is 21.5. The third-order valence-corrected chi connectivity index (χ3v) is 6.10. The molecule has 1 N–H and O–H groups in total. The largest absolute Gasteiger partial charge is 0.363 e. The van der Waals surface area contributed by atoms with Crippen molar-refractivity contribution in [2.75, 3.05) is 4.90 Å². The lowest BCUT2D eigenvalue weighted by atomic mass is 10.0. The second kappa shape index (κ2) is 10.3. The van der Waals surface area contributed by atoms with Crippen LogP contribution in [0.1, 0.15) is 65.2 Å². The summed E-state index contributed by atoms with van der Waals surface area (Å²) in [5, 5.41) is 3.00. The molecule has 0 spiro atoms. The van der Waals surface area contributed by atoms with E-state index in [2.05, 4.69) is 47.5 Å². The van der Waals surface area contributed by atoms with Crippen molar-refractivity contribution in [2.45, 2.75) is 58.7 Å². The van der Waals surface area contributed by atoms with Crippen LogP contribution in [0.2, 0.25) is 0 Å². The first-order valence-electron chi connectivity index (χ1n) is 11.5. The summed E-state index contributed by atoms with van der Waals surface area (Å²) < 4.78 is 0. The van der Waals surface area contributed by atoms with Crippen LogP contribution in [0.5, 0.6) is 0 Å². The molecule has 1 heterocycles. The van der Waals surface area contributed by atoms with Crippen molar-refractivity contribution < 1.29 is 4.79 Å². The smallest absolute Gasteiger partial charge is 0.251 e. The van der Waals surface area contributed by atoms with Crippen LogP contribution in [-0.2, 0) is 26.1 Å². The van der Waals surface area contributed by atoms with Gasteiger partial charge in [-0.2, -0.15) is 0 Å². The van der Waals surface area contributed by atoms with Crippen LogP contribution in [0.25, 0.3) is 0 Å². The number of fused-ring (bicyclic) bond motifs is 1. The molecule has 3 nitrogen and oxygen atoms in total. The molecule has 160 valence electrons. The molecule has 1 amide bonds. The van der Waals surface area contributed by atoms with Gasteiger partial charge in [-0.3, -0.25) is 4.79 Å². The second-order valence-corrected chi connectivity index (χ2v) is 8.48. The highest BCUT2D eigenvalue weighted by Gasteiger charge is 2.19. The molecule has 0 fully saturated rings. The van der Waals surface area contributed by atoms with Gasteiger partial charge in [-0.15, -0.1) is 0 Å². The minimum absolute atomic E-state index is 0.0344. The lowest BCUT2D eigenvalue weighted by Gasteiger charge is -2.18. The van der Waals surface area contributed by atoms with Crippen molar-refractivity contribution in [2.24, 2.45) is 0 Å². The highest BCUT2D eigenvalue weighted by molar-refractivity contribution is 5.94. The molecule has 0 aliphatic carbocycles. The maximum Gasteiger partial charge on any atom is 0.251 e. The maximum absolute atomic E-state index is 12.5. The van der Waals surface area contributed by atoms with Crippen LogP contribution in [-0.4, -0.2) is 5.91 Å². The Kier molecular flexibility index (Phi) is 7.03. The molecule has 3 heteroatoms. The van der Waals surface area contributed by atoms with Crippen molar-refractivity contribution in [3.05, 3.63) is 101 Å². The fourth-order valence-corrected chi connectivity index (χ4v) is 4.25. The Hall–Kier alpha value is -3.07. The van der Waals surface area contributed by atoms with Gasteiger partial charge in [-0.1, -0.05) is 74.7 Å². The van der Waals surface area contributed by atoms with Crippen LogP contribution >= 0.6 is 0 Å². The van der Waals surface area contributed by atoms with E-state index in [0.29, 0.717) is 12.1 Å². The van der Waals surface area contributed by atoms with Gasteiger partial charge >= 0.3 is 0 Å². The van der Waals surface area contributed by atoms with E-state index in [1.54, 1.807) is 0 Å². The highest BCUT2D eigenvalue weighted by atomic mass is 16.1. The van der Waals surface area contributed by atoms with Gasteiger partial charge < -0.3 is 10.2 Å². The van der Waals surface area contributed by atoms with E-state index in [4.69, 9.17) is 0 Å². The van der Waals surface area contributed by atoms with Crippen LogP contribution in [0, 0.1) is 0 Å². The number of carbonyl (C=O) groups excluding carboxylic acids is 1. The topological polar surface area (TPSA) is 32.3 Å². The summed E-state index contributed by atoms with van der Waals surface area (Å²) in [6.07, 6.45) is 6.40. The minimum Gasteiger partial charge on any atom is -0.363 e. The molecule has 4 rings (SSSR count). The van der Waals surface area contributed by atoms with Gasteiger partial charge in [0.15, 0.2) is 0 Å². The first-order valence-corrected chi connectivity index (χ1v) is 11.5. The van der Waals surface area contributed by atoms with Crippen molar-refractivity contribution in [1.29, 1.82) is 0 Å². The number of anilines is 1. The molecule has 0 unspecified atom stereocenters. The molecule has 0 bridgehead atoms. The fraction of sp³-hybridized carbons (Fsp3) is 0.321. The molecular formula is C28H32N2O. The van der Waals surface area contributed by atoms with Gasteiger partial charge in [0, 0.05) is 30.9 Å². The highest BCUT2D eigenvalue weighted by Crippen LogP contribution is 2.29. The number of amides is 1. The van der Waals surface area contributed by atoms with Gasteiger partial charge in [-0.25, -0.2) is 0 Å². The van der Waals surface area contributed by atoms with Crippen LogP contribution < -0.4 is 10.2 Å². The standard InChI is InChI=1S/C28H32N2O/c1-2-3-4-6-9-22-12-13-25-20-30(21-26(25)18-22)27-16-14-24(15-17-27)28(31)29-19-23-10-7-5-8-11-23/h5,7-8,10-18H,2-4,6,9,19-21H2,1H3,(H,29,31). The average Bonchev–Trinajstić information content (AvgIpc) is 3.24. The minimum atomic E-state index is -0.0344. The summed E-state index contributed by atoms with van der Waals surface area (Å²) in [6.45, 7) is 4.68. The molecule has 3 aromatic rings. The molecule has 0 atom stereocenters. The second-order valence-electron chi connectivity index (χ2n) is 8.48. The fourth-order valence-electron chi connectivity index (χ4n) is 4.25. The molecule has 0 saturated carbocycles. The van der Waals surface area contributed by atoms with E-state index in [-0.39, 0.29) is 5.91 Å². The first kappa shape index (κ1) is 21.2. The summed E-state index contributed by atoms with van der Waals surface area (Å²) >= 11 is 0. The number of nitrogens with zero attached hydrogens (tertiary/aromatic N) is 1. The summed E-state index contributed by atoms with van der Waals surface area (Å²) in [4.78, 5) is 14.9. The average molecular weight is 413 g/mol. The molecular weight excluding hydrogens is 380 g/mol. The molecule has 3 aromatic carbocycles. The Morgan fingerprint density at radius 3 is 2.39 bits per heavy atom. The Morgan fingerprint density at radius 1 is 0.839 bits per heavy atom. The van der Waals surface area contributed by atoms with Crippen LogP contribution in [0.4, 0.5) is 5.69 Å². The van der Waals surface area contributed by atoms with E-state index in [9.17, 15) is 4.79 Å². The number of benzene rings is 3. The Bertz CT molecular complexity index is 995. The number of hydrogen-bond acceptors (Lipinski definition) is 2. The van der Waals surface area contributed by atoms with E-state index < -0.39 is 0 Å². The third kappa shape index (κ3) is 5.55. The molecule has 0 radical (unpaired) electrons. The van der Waals surface area contributed by atoms with Crippen LogP contribution in [0.15, 0.2) is 72.8 Å². The van der Waals surface area contributed by atoms with Crippen molar-refractivity contribution in [3.8, 4) is 0 Å². The molecule has 0 aromatic heterocycles. The van der Waals surface area contributed by atoms with E-state index in [1.165, 1.54) is 54.5 Å². The van der Waals surface area contributed by atoms with Gasteiger partial charge in [0.25, 0.3) is 5.91 Å². The SMILES string of the molecule is CCCCCCc1ccc2c(c1)CN(c1ccc(C(=O)NCc3ccccc3)cc1)C2. The summed E-state index contributed by atoms with van der Waals surface area (Å²) in [6, 6.07) is 25.0. The van der Waals surface area contributed by atoms with Gasteiger partial charge in [-0.05, 0) is 59.4 Å².